The fourth-order valence-electron chi connectivity index (χ4n) is 3.49. The molecule has 0 saturated carbocycles. The minimum Gasteiger partial charge on any atom is -0.338 e. The van der Waals surface area contributed by atoms with Crippen molar-refractivity contribution in [2.45, 2.75) is 25.8 Å². The second kappa shape index (κ2) is 6.97. The SMILES string of the molecule is CC1CN(C(=O)c2ccc(CN)cc2)CCC1c1ccccc1. The molecule has 3 rings (SSSR count). The standard InChI is InChI=1S/C20H24N2O/c1-15-14-22(12-11-19(15)17-5-3-2-4-6-17)20(23)18-9-7-16(13-21)8-10-18/h2-10,15,19H,11-14,21H2,1H3. The Balaban J connectivity index is 1.68. The first kappa shape index (κ1) is 15.8. The van der Waals surface area contributed by atoms with Gasteiger partial charge >= 0.3 is 0 Å². The Bertz CT molecular complexity index is 651. The Morgan fingerprint density at radius 2 is 1.83 bits per heavy atom. The fourth-order valence-corrected chi connectivity index (χ4v) is 3.49. The molecule has 0 aromatic heterocycles. The molecule has 3 nitrogen and oxygen atoms in total. The van der Waals surface area contributed by atoms with Gasteiger partial charge in [0.05, 0.1) is 0 Å². The van der Waals surface area contributed by atoms with Crippen LogP contribution in [0.2, 0.25) is 0 Å². The van der Waals surface area contributed by atoms with Crippen molar-refractivity contribution < 1.29 is 4.79 Å². The second-order valence-electron chi connectivity index (χ2n) is 6.44. The van der Waals surface area contributed by atoms with Crippen molar-refractivity contribution in [1.82, 2.24) is 4.90 Å². The molecule has 2 atom stereocenters. The summed E-state index contributed by atoms with van der Waals surface area (Å²) < 4.78 is 0. The Morgan fingerprint density at radius 1 is 1.13 bits per heavy atom. The smallest absolute Gasteiger partial charge is 0.253 e. The van der Waals surface area contributed by atoms with E-state index in [2.05, 4.69) is 37.3 Å². The highest BCUT2D eigenvalue weighted by Gasteiger charge is 2.29. The summed E-state index contributed by atoms with van der Waals surface area (Å²) in [4.78, 5) is 14.7. The normalized spacial score (nSPS) is 21.2. The maximum atomic E-state index is 12.7. The van der Waals surface area contributed by atoms with E-state index in [0.29, 0.717) is 18.4 Å². The Kier molecular flexibility index (Phi) is 4.77. The van der Waals surface area contributed by atoms with Crippen LogP contribution in [0.3, 0.4) is 0 Å². The number of piperidine rings is 1. The monoisotopic (exact) mass is 308 g/mol. The van der Waals surface area contributed by atoms with Crippen molar-refractivity contribution in [3.63, 3.8) is 0 Å². The highest BCUT2D eigenvalue weighted by Crippen LogP contribution is 2.33. The molecular weight excluding hydrogens is 284 g/mol. The molecule has 0 bridgehead atoms. The molecule has 0 spiro atoms. The van der Waals surface area contributed by atoms with E-state index in [0.717, 1.165) is 30.6 Å². The molecule has 1 heterocycles. The van der Waals surface area contributed by atoms with Gasteiger partial charge in [-0.1, -0.05) is 49.4 Å². The van der Waals surface area contributed by atoms with Crippen LogP contribution < -0.4 is 5.73 Å². The third-order valence-electron chi connectivity index (χ3n) is 4.86. The molecule has 0 radical (unpaired) electrons. The van der Waals surface area contributed by atoms with Gasteiger partial charge < -0.3 is 10.6 Å². The number of hydrogen-bond donors (Lipinski definition) is 1. The van der Waals surface area contributed by atoms with E-state index in [-0.39, 0.29) is 5.91 Å². The van der Waals surface area contributed by atoms with Crippen LogP contribution in [0.4, 0.5) is 0 Å². The molecule has 1 fully saturated rings. The zero-order valence-electron chi connectivity index (χ0n) is 13.6. The van der Waals surface area contributed by atoms with Crippen molar-refractivity contribution in [1.29, 1.82) is 0 Å². The molecule has 2 aromatic carbocycles. The summed E-state index contributed by atoms with van der Waals surface area (Å²) in [5.74, 6) is 1.14. The van der Waals surface area contributed by atoms with Crippen LogP contribution in [0.25, 0.3) is 0 Å². The number of likely N-dealkylation sites (tertiary alicyclic amines) is 1. The number of carbonyl (C=O) groups is 1. The first-order valence-corrected chi connectivity index (χ1v) is 8.32. The molecule has 1 aliphatic heterocycles. The third-order valence-corrected chi connectivity index (χ3v) is 4.86. The average Bonchev–Trinajstić information content (AvgIpc) is 2.62. The summed E-state index contributed by atoms with van der Waals surface area (Å²) in [6.45, 7) is 4.39. The largest absolute Gasteiger partial charge is 0.338 e. The van der Waals surface area contributed by atoms with Crippen LogP contribution in [-0.4, -0.2) is 23.9 Å². The minimum absolute atomic E-state index is 0.131. The molecule has 2 unspecified atom stereocenters. The lowest BCUT2D eigenvalue weighted by atomic mass is 9.81. The van der Waals surface area contributed by atoms with Crippen LogP contribution in [0.1, 0.15) is 40.7 Å². The highest BCUT2D eigenvalue weighted by atomic mass is 16.2. The van der Waals surface area contributed by atoms with Gasteiger partial charge in [0.2, 0.25) is 0 Å². The predicted molar refractivity (Wildman–Crippen MR) is 93.2 cm³/mol. The van der Waals surface area contributed by atoms with Crippen LogP contribution in [-0.2, 0) is 6.54 Å². The van der Waals surface area contributed by atoms with E-state index in [9.17, 15) is 4.79 Å². The van der Waals surface area contributed by atoms with Gasteiger partial charge in [-0.2, -0.15) is 0 Å². The average molecular weight is 308 g/mol. The minimum atomic E-state index is 0.131. The first-order valence-electron chi connectivity index (χ1n) is 8.32. The number of carbonyl (C=O) groups excluding carboxylic acids is 1. The zero-order valence-corrected chi connectivity index (χ0v) is 13.6. The molecule has 0 aliphatic carbocycles. The topological polar surface area (TPSA) is 46.3 Å². The highest BCUT2D eigenvalue weighted by molar-refractivity contribution is 5.94. The molecule has 120 valence electrons. The number of hydrogen-bond acceptors (Lipinski definition) is 2. The van der Waals surface area contributed by atoms with Crippen LogP contribution >= 0.6 is 0 Å². The lowest BCUT2D eigenvalue weighted by Crippen LogP contribution is -2.42. The van der Waals surface area contributed by atoms with E-state index >= 15 is 0 Å². The van der Waals surface area contributed by atoms with E-state index in [1.165, 1.54) is 5.56 Å². The molecular formula is C20H24N2O. The van der Waals surface area contributed by atoms with Gasteiger partial charge in [0, 0.05) is 25.2 Å². The van der Waals surface area contributed by atoms with E-state index in [4.69, 9.17) is 5.73 Å². The summed E-state index contributed by atoms with van der Waals surface area (Å²) in [6, 6.07) is 18.3. The number of amides is 1. The van der Waals surface area contributed by atoms with Gasteiger partial charge in [0.15, 0.2) is 0 Å². The van der Waals surface area contributed by atoms with Gasteiger partial charge in [-0.05, 0) is 41.5 Å². The maximum absolute atomic E-state index is 12.7. The summed E-state index contributed by atoms with van der Waals surface area (Å²) in [6.07, 6.45) is 1.03. The Labute approximate surface area is 138 Å². The van der Waals surface area contributed by atoms with Gasteiger partial charge in [-0.25, -0.2) is 0 Å². The summed E-state index contributed by atoms with van der Waals surface area (Å²) in [5.41, 5.74) is 8.81. The molecule has 1 saturated heterocycles. The summed E-state index contributed by atoms with van der Waals surface area (Å²) in [7, 11) is 0. The Hall–Kier alpha value is -2.13. The lowest BCUT2D eigenvalue weighted by molar-refractivity contribution is 0.0661. The van der Waals surface area contributed by atoms with E-state index in [1.54, 1.807) is 0 Å². The number of nitrogens with zero attached hydrogens (tertiary/aromatic N) is 1. The molecule has 1 aliphatic rings. The predicted octanol–water partition coefficient (Wildman–Crippen LogP) is 3.41. The van der Waals surface area contributed by atoms with Crippen LogP contribution in [0, 0.1) is 5.92 Å². The first-order chi connectivity index (χ1) is 11.2. The van der Waals surface area contributed by atoms with Crippen LogP contribution in [0.15, 0.2) is 54.6 Å². The molecule has 1 amide bonds. The maximum Gasteiger partial charge on any atom is 0.253 e. The van der Waals surface area contributed by atoms with E-state index in [1.807, 2.05) is 29.2 Å². The number of rotatable bonds is 3. The van der Waals surface area contributed by atoms with Crippen molar-refractivity contribution >= 4 is 5.91 Å². The Morgan fingerprint density at radius 3 is 2.43 bits per heavy atom. The van der Waals surface area contributed by atoms with Gasteiger partial charge in [0.25, 0.3) is 5.91 Å². The summed E-state index contributed by atoms with van der Waals surface area (Å²) >= 11 is 0. The van der Waals surface area contributed by atoms with Gasteiger partial charge in [-0.15, -0.1) is 0 Å². The fraction of sp³-hybridized carbons (Fsp3) is 0.350. The van der Waals surface area contributed by atoms with E-state index < -0.39 is 0 Å². The van der Waals surface area contributed by atoms with Crippen molar-refractivity contribution in [3.05, 3.63) is 71.3 Å². The lowest BCUT2D eigenvalue weighted by Gasteiger charge is -2.37. The molecule has 2 aromatic rings. The number of nitrogens with two attached hydrogens (primary N) is 1. The quantitative estimate of drug-likeness (QED) is 0.944. The van der Waals surface area contributed by atoms with Gasteiger partial charge in [-0.3, -0.25) is 4.79 Å². The third kappa shape index (κ3) is 3.45. The molecule has 23 heavy (non-hydrogen) atoms. The van der Waals surface area contributed by atoms with Crippen molar-refractivity contribution in [2.24, 2.45) is 11.7 Å². The zero-order chi connectivity index (χ0) is 16.2. The van der Waals surface area contributed by atoms with Crippen molar-refractivity contribution in [3.8, 4) is 0 Å². The second-order valence-corrected chi connectivity index (χ2v) is 6.44. The van der Waals surface area contributed by atoms with Gasteiger partial charge in [0.1, 0.15) is 0 Å². The molecule has 2 N–H and O–H groups in total. The van der Waals surface area contributed by atoms with Crippen LogP contribution in [0.5, 0.6) is 0 Å². The summed E-state index contributed by atoms with van der Waals surface area (Å²) in [5, 5.41) is 0. The number of benzene rings is 2. The van der Waals surface area contributed by atoms with Crippen molar-refractivity contribution in [2.75, 3.05) is 13.1 Å². The molecule has 3 heteroatoms.